The average molecular weight is 363 g/mol. The zero-order valence-corrected chi connectivity index (χ0v) is 15.2. The highest BCUT2D eigenvalue weighted by Crippen LogP contribution is 2.23. The highest BCUT2D eigenvalue weighted by atomic mass is 16.5. The maximum atomic E-state index is 12.4. The number of benzene rings is 2. The van der Waals surface area contributed by atoms with Crippen LogP contribution in [0.25, 0.3) is 22.3 Å². The predicted molar refractivity (Wildman–Crippen MR) is 102 cm³/mol. The van der Waals surface area contributed by atoms with Crippen molar-refractivity contribution in [3.63, 3.8) is 0 Å². The summed E-state index contributed by atoms with van der Waals surface area (Å²) in [5.41, 5.74) is 3.49. The second-order valence-corrected chi connectivity index (χ2v) is 6.47. The van der Waals surface area contributed by atoms with E-state index < -0.39 is 6.10 Å². The molecule has 1 atom stereocenters. The SMILES string of the molecule is C[C@H](Oc1ccc(-c2cnc3ccccc3n2)cc1)C(=O)N1CCOCC1. The van der Waals surface area contributed by atoms with Gasteiger partial charge in [0.2, 0.25) is 0 Å². The highest BCUT2D eigenvalue weighted by Gasteiger charge is 2.23. The lowest BCUT2D eigenvalue weighted by atomic mass is 10.1. The van der Waals surface area contributed by atoms with E-state index in [1.165, 1.54) is 0 Å². The van der Waals surface area contributed by atoms with Crippen LogP contribution in [0.5, 0.6) is 5.75 Å². The number of carbonyl (C=O) groups is 1. The number of rotatable bonds is 4. The first-order valence-electron chi connectivity index (χ1n) is 9.06. The number of nitrogens with zero attached hydrogens (tertiary/aromatic N) is 3. The molecule has 1 amide bonds. The fourth-order valence-electron chi connectivity index (χ4n) is 3.10. The van der Waals surface area contributed by atoms with Gasteiger partial charge in [0.25, 0.3) is 5.91 Å². The monoisotopic (exact) mass is 363 g/mol. The Morgan fingerprint density at radius 1 is 1.07 bits per heavy atom. The van der Waals surface area contributed by atoms with E-state index in [0.717, 1.165) is 22.3 Å². The second kappa shape index (κ2) is 7.72. The summed E-state index contributed by atoms with van der Waals surface area (Å²) in [6.07, 6.45) is 1.23. The second-order valence-electron chi connectivity index (χ2n) is 6.47. The first-order chi connectivity index (χ1) is 13.2. The summed E-state index contributed by atoms with van der Waals surface area (Å²) in [7, 11) is 0. The summed E-state index contributed by atoms with van der Waals surface area (Å²) in [6.45, 7) is 4.18. The Kier molecular flexibility index (Phi) is 4.98. The molecule has 0 radical (unpaired) electrons. The number of hydrogen-bond donors (Lipinski definition) is 0. The van der Waals surface area contributed by atoms with Crippen molar-refractivity contribution in [1.29, 1.82) is 0 Å². The quantitative estimate of drug-likeness (QED) is 0.713. The molecule has 0 saturated carbocycles. The van der Waals surface area contributed by atoms with E-state index in [1.54, 1.807) is 18.0 Å². The maximum absolute atomic E-state index is 12.4. The van der Waals surface area contributed by atoms with Gasteiger partial charge in [0, 0.05) is 18.7 Å². The van der Waals surface area contributed by atoms with Crippen molar-refractivity contribution in [1.82, 2.24) is 14.9 Å². The largest absolute Gasteiger partial charge is 0.481 e. The topological polar surface area (TPSA) is 64.6 Å². The molecule has 0 N–H and O–H groups in total. The van der Waals surface area contributed by atoms with Gasteiger partial charge in [-0.3, -0.25) is 9.78 Å². The number of morpholine rings is 1. The fraction of sp³-hybridized carbons (Fsp3) is 0.286. The molecular weight excluding hydrogens is 342 g/mol. The van der Waals surface area contributed by atoms with Gasteiger partial charge in [-0.1, -0.05) is 12.1 Å². The molecule has 1 saturated heterocycles. The van der Waals surface area contributed by atoms with Crippen molar-refractivity contribution in [2.45, 2.75) is 13.0 Å². The van der Waals surface area contributed by atoms with Crippen molar-refractivity contribution < 1.29 is 14.3 Å². The van der Waals surface area contributed by atoms with Crippen LogP contribution in [0, 0.1) is 0 Å². The standard InChI is InChI=1S/C21H21N3O3/c1-15(21(25)24-10-12-26-13-11-24)27-17-8-6-16(7-9-17)20-14-22-18-4-2-3-5-19(18)23-20/h2-9,14-15H,10-13H2,1H3/t15-/m0/s1. The van der Waals surface area contributed by atoms with E-state index in [2.05, 4.69) is 9.97 Å². The predicted octanol–water partition coefficient (Wildman–Crippen LogP) is 2.92. The molecule has 1 aliphatic rings. The molecule has 0 unspecified atom stereocenters. The van der Waals surface area contributed by atoms with Crippen molar-refractivity contribution in [2.75, 3.05) is 26.3 Å². The van der Waals surface area contributed by atoms with Crippen LogP contribution in [0.2, 0.25) is 0 Å². The molecule has 0 bridgehead atoms. The minimum Gasteiger partial charge on any atom is -0.481 e. The normalized spacial score (nSPS) is 15.5. The van der Waals surface area contributed by atoms with Crippen LogP contribution in [0.4, 0.5) is 0 Å². The highest BCUT2D eigenvalue weighted by molar-refractivity contribution is 5.81. The van der Waals surface area contributed by atoms with E-state index in [9.17, 15) is 4.79 Å². The summed E-state index contributed by atoms with van der Waals surface area (Å²) < 4.78 is 11.1. The number of para-hydroxylation sites is 2. The molecule has 27 heavy (non-hydrogen) atoms. The van der Waals surface area contributed by atoms with Crippen molar-refractivity contribution in [3.8, 4) is 17.0 Å². The number of amides is 1. The fourth-order valence-corrected chi connectivity index (χ4v) is 3.10. The zero-order chi connectivity index (χ0) is 18.6. The number of aromatic nitrogens is 2. The lowest BCUT2D eigenvalue weighted by Crippen LogP contribution is -2.46. The molecule has 2 aromatic carbocycles. The van der Waals surface area contributed by atoms with Crippen molar-refractivity contribution >= 4 is 16.9 Å². The molecule has 0 aliphatic carbocycles. The van der Waals surface area contributed by atoms with Gasteiger partial charge in [0.15, 0.2) is 6.10 Å². The molecule has 1 aromatic heterocycles. The average Bonchev–Trinajstić information content (AvgIpc) is 2.74. The van der Waals surface area contributed by atoms with Gasteiger partial charge in [-0.2, -0.15) is 0 Å². The molecule has 6 heteroatoms. The third-order valence-electron chi connectivity index (χ3n) is 4.58. The summed E-state index contributed by atoms with van der Waals surface area (Å²) >= 11 is 0. The number of fused-ring (bicyclic) bond motifs is 1. The molecule has 1 aliphatic heterocycles. The van der Waals surface area contributed by atoms with E-state index in [-0.39, 0.29) is 5.91 Å². The number of hydrogen-bond acceptors (Lipinski definition) is 5. The first kappa shape index (κ1) is 17.4. The molecule has 0 spiro atoms. The Bertz CT molecular complexity index is 937. The maximum Gasteiger partial charge on any atom is 0.263 e. The Labute approximate surface area is 157 Å². The third-order valence-corrected chi connectivity index (χ3v) is 4.58. The Morgan fingerprint density at radius 3 is 2.52 bits per heavy atom. The Balaban J connectivity index is 1.45. The van der Waals surface area contributed by atoms with Gasteiger partial charge in [0.1, 0.15) is 5.75 Å². The van der Waals surface area contributed by atoms with Crippen LogP contribution in [0.15, 0.2) is 54.7 Å². The molecule has 4 rings (SSSR count). The van der Waals surface area contributed by atoms with Crippen molar-refractivity contribution in [3.05, 3.63) is 54.7 Å². The van der Waals surface area contributed by atoms with Gasteiger partial charge >= 0.3 is 0 Å². The lowest BCUT2D eigenvalue weighted by molar-refractivity contribution is -0.142. The van der Waals surface area contributed by atoms with Gasteiger partial charge < -0.3 is 14.4 Å². The first-order valence-corrected chi connectivity index (χ1v) is 9.06. The van der Waals surface area contributed by atoms with Gasteiger partial charge in [-0.15, -0.1) is 0 Å². The molecule has 1 fully saturated rings. The Hall–Kier alpha value is -2.99. The number of carbonyl (C=O) groups excluding carboxylic acids is 1. The summed E-state index contributed by atoms with van der Waals surface area (Å²) in [5.74, 6) is 0.643. The zero-order valence-electron chi connectivity index (χ0n) is 15.2. The molecular formula is C21H21N3O3. The number of ether oxygens (including phenoxy) is 2. The van der Waals surface area contributed by atoms with Crippen LogP contribution in [-0.2, 0) is 9.53 Å². The smallest absolute Gasteiger partial charge is 0.263 e. The van der Waals surface area contributed by atoms with Gasteiger partial charge in [-0.25, -0.2) is 4.98 Å². The summed E-state index contributed by atoms with van der Waals surface area (Å²) in [6, 6.07) is 15.4. The van der Waals surface area contributed by atoms with Gasteiger partial charge in [0.05, 0.1) is 36.1 Å². The Morgan fingerprint density at radius 2 is 1.78 bits per heavy atom. The minimum absolute atomic E-state index is 0.0113. The van der Waals surface area contributed by atoms with Crippen molar-refractivity contribution in [2.24, 2.45) is 0 Å². The van der Waals surface area contributed by atoms with E-state index >= 15 is 0 Å². The summed E-state index contributed by atoms with van der Waals surface area (Å²) in [4.78, 5) is 23.3. The van der Waals surface area contributed by atoms with E-state index in [1.807, 2.05) is 48.5 Å². The van der Waals surface area contributed by atoms with Crippen LogP contribution < -0.4 is 4.74 Å². The molecule has 138 valence electrons. The van der Waals surface area contributed by atoms with E-state index in [0.29, 0.717) is 32.1 Å². The van der Waals surface area contributed by atoms with E-state index in [4.69, 9.17) is 9.47 Å². The molecule has 6 nitrogen and oxygen atoms in total. The lowest BCUT2D eigenvalue weighted by Gasteiger charge is -2.29. The minimum atomic E-state index is -0.533. The summed E-state index contributed by atoms with van der Waals surface area (Å²) in [5, 5.41) is 0. The van der Waals surface area contributed by atoms with Crippen LogP contribution >= 0.6 is 0 Å². The molecule has 2 heterocycles. The third kappa shape index (κ3) is 3.90. The van der Waals surface area contributed by atoms with Crippen LogP contribution in [0.3, 0.4) is 0 Å². The van der Waals surface area contributed by atoms with Crippen LogP contribution in [-0.4, -0.2) is 53.2 Å². The molecule has 3 aromatic rings. The van der Waals surface area contributed by atoms with Gasteiger partial charge in [-0.05, 0) is 43.3 Å². The van der Waals surface area contributed by atoms with Crippen LogP contribution in [0.1, 0.15) is 6.92 Å².